The normalized spacial score (nSPS) is 20.7. The molecule has 1 aliphatic rings. The molecule has 2 aromatic rings. The van der Waals surface area contributed by atoms with E-state index in [1.807, 2.05) is 18.2 Å². The summed E-state index contributed by atoms with van der Waals surface area (Å²) in [6, 6.07) is 11.6. The van der Waals surface area contributed by atoms with Crippen molar-refractivity contribution in [1.82, 2.24) is 0 Å². The summed E-state index contributed by atoms with van der Waals surface area (Å²) < 4.78 is 5.13. The number of hydrogen-bond donors (Lipinski definition) is 1. The van der Waals surface area contributed by atoms with Gasteiger partial charge in [0.1, 0.15) is 11.8 Å². The van der Waals surface area contributed by atoms with Crippen LogP contribution in [0.5, 0.6) is 5.75 Å². The molecular formula is C16H14Cl2N2O2. The van der Waals surface area contributed by atoms with Crippen LogP contribution in [0.25, 0.3) is 0 Å². The maximum atomic E-state index is 12.2. The standard InChI is InChI=1S/C16H14Cl2N2O2/c1-22-13-7-6-9(8-12(13)18)20-15(14(19)16(20)21)10-4-2-3-5-11(10)17/h2-8,14-15H,19H2,1H3/t14-,15+/m0/s1. The first-order valence-corrected chi connectivity index (χ1v) is 7.47. The van der Waals surface area contributed by atoms with Gasteiger partial charge < -0.3 is 15.4 Å². The third-order valence-electron chi connectivity index (χ3n) is 3.78. The summed E-state index contributed by atoms with van der Waals surface area (Å²) in [6.07, 6.45) is 0. The number of anilines is 1. The highest BCUT2D eigenvalue weighted by Gasteiger charge is 2.47. The molecule has 6 heteroatoms. The SMILES string of the molecule is COc1ccc(N2C(=O)[C@@H](N)[C@H]2c2ccccc2Cl)cc1Cl. The number of benzene rings is 2. The molecule has 0 radical (unpaired) electrons. The smallest absolute Gasteiger partial charge is 0.247 e. The predicted octanol–water partition coefficient (Wildman–Crippen LogP) is 3.42. The quantitative estimate of drug-likeness (QED) is 0.873. The summed E-state index contributed by atoms with van der Waals surface area (Å²) in [5, 5.41) is 1.02. The largest absolute Gasteiger partial charge is 0.495 e. The van der Waals surface area contributed by atoms with Crippen LogP contribution < -0.4 is 15.4 Å². The molecule has 1 heterocycles. The lowest BCUT2D eigenvalue weighted by molar-refractivity contribution is -0.126. The molecule has 1 aliphatic heterocycles. The number of nitrogens with zero attached hydrogens (tertiary/aromatic N) is 1. The summed E-state index contributed by atoms with van der Waals surface area (Å²) in [4.78, 5) is 13.8. The Morgan fingerprint density at radius 1 is 1.14 bits per heavy atom. The van der Waals surface area contributed by atoms with Gasteiger partial charge in [0.2, 0.25) is 5.91 Å². The molecule has 0 saturated carbocycles. The van der Waals surface area contributed by atoms with Crippen LogP contribution in [-0.4, -0.2) is 19.1 Å². The van der Waals surface area contributed by atoms with Crippen LogP contribution >= 0.6 is 23.2 Å². The third kappa shape index (κ3) is 2.33. The summed E-state index contributed by atoms with van der Waals surface area (Å²) in [6.45, 7) is 0. The molecule has 0 aliphatic carbocycles. The number of nitrogens with two attached hydrogens (primary N) is 1. The van der Waals surface area contributed by atoms with Crippen LogP contribution in [-0.2, 0) is 4.79 Å². The second kappa shape index (κ2) is 5.80. The Kier molecular flexibility index (Phi) is 4.00. The first-order valence-electron chi connectivity index (χ1n) is 6.71. The molecule has 2 atom stereocenters. The van der Waals surface area contributed by atoms with Gasteiger partial charge in [0.25, 0.3) is 0 Å². The van der Waals surface area contributed by atoms with Gasteiger partial charge in [-0.25, -0.2) is 0 Å². The molecule has 114 valence electrons. The molecular weight excluding hydrogens is 323 g/mol. The molecule has 22 heavy (non-hydrogen) atoms. The van der Waals surface area contributed by atoms with Gasteiger partial charge in [0.15, 0.2) is 0 Å². The minimum Gasteiger partial charge on any atom is -0.495 e. The number of amides is 1. The van der Waals surface area contributed by atoms with Crippen molar-refractivity contribution in [3.05, 3.63) is 58.1 Å². The van der Waals surface area contributed by atoms with Crippen LogP contribution in [0.4, 0.5) is 5.69 Å². The first-order chi connectivity index (χ1) is 10.5. The number of ether oxygens (including phenoxy) is 1. The molecule has 2 aromatic carbocycles. The van der Waals surface area contributed by atoms with E-state index in [2.05, 4.69) is 0 Å². The second-order valence-corrected chi connectivity index (χ2v) is 5.83. The maximum Gasteiger partial charge on any atom is 0.247 e. The topological polar surface area (TPSA) is 55.6 Å². The molecule has 1 saturated heterocycles. The Labute approximate surface area is 138 Å². The highest BCUT2D eigenvalue weighted by molar-refractivity contribution is 6.32. The number of halogens is 2. The van der Waals surface area contributed by atoms with Crippen molar-refractivity contribution >= 4 is 34.8 Å². The van der Waals surface area contributed by atoms with Gasteiger partial charge in [-0.15, -0.1) is 0 Å². The molecule has 1 amide bonds. The summed E-state index contributed by atoms with van der Waals surface area (Å²) in [5.74, 6) is 0.392. The van der Waals surface area contributed by atoms with E-state index in [1.165, 1.54) is 7.11 Å². The summed E-state index contributed by atoms with van der Waals surface area (Å²) in [7, 11) is 1.54. The molecule has 0 aromatic heterocycles. The molecule has 1 fully saturated rings. The Morgan fingerprint density at radius 2 is 1.86 bits per heavy atom. The zero-order valence-corrected chi connectivity index (χ0v) is 13.3. The van der Waals surface area contributed by atoms with E-state index in [9.17, 15) is 4.79 Å². The van der Waals surface area contributed by atoms with Crippen molar-refractivity contribution in [3.8, 4) is 5.75 Å². The Hall–Kier alpha value is -1.75. The molecule has 0 spiro atoms. The zero-order valence-electron chi connectivity index (χ0n) is 11.8. The summed E-state index contributed by atoms with van der Waals surface area (Å²) >= 11 is 12.4. The molecule has 0 unspecified atom stereocenters. The fourth-order valence-corrected chi connectivity index (χ4v) is 3.15. The van der Waals surface area contributed by atoms with Gasteiger partial charge in [-0.1, -0.05) is 41.4 Å². The third-order valence-corrected chi connectivity index (χ3v) is 4.42. The fourth-order valence-electron chi connectivity index (χ4n) is 2.65. The Bertz CT molecular complexity index is 736. The van der Waals surface area contributed by atoms with Crippen molar-refractivity contribution in [3.63, 3.8) is 0 Å². The second-order valence-electron chi connectivity index (χ2n) is 5.02. The van der Waals surface area contributed by atoms with Gasteiger partial charge in [-0.2, -0.15) is 0 Å². The fraction of sp³-hybridized carbons (Fsp3) is 0.188. The average Bonchev–Trinajstić information content (AvgIpc) is 2.52. The lowest BCUT2D eigenvalue weighted by atomic mass is 9.88. The van der Waals surface area contributed by atoms with Gasteiger partial charge in [0, 0.05) is 10.7 Å². The number of methoxy groups -OCH3 is 1. The molecule has 3 rings (SSSR count). The average molecular weight is 337 g/mol. The van der Waals surface area contributed by atoms with E-state index in [4.69, 9.17) is 33.7 Å². The zero-order chi connectivity index (χ0) is 15.9. The van der Waals surface area contributed by atoms with E-state index in [0.717, 1.165) is 5.56 Å². The lowest BCUT2D eigenvalue weighted by Crippen LogP contribution is -2.63. The summed E-state index contributed by atoms with van der Waals surface area (Å²) in [5.41, 5.74) is 7.47. The predicted molar refractivity (Wildman–Crippen MR) is 87.7 cm³/mol. The molecule has 0 bridgehead atoms. The van der Waals surface area contributed by atoms with Crippen molar-refractivity contribution in [1.29, 1.82) is 0 Å². The lowest BCUT2D eigenvalue weighted by Gasteiger charge is -2.46. The van der Waals surface area contributed by atoms with Crippen LogP contribution in [0.3, 0.4) is 0 Å². The van der Waals surface area contributed by atoms with Crippen LogP contribution in [0.2, 0.25) is 10.0 Å². The monoisotopic (exact) mass is 336 g/mol. The van der Waals surface area contributed by atoms with Crippen LogP contribution in [0.15, 0.2) is 42.5 Å². The number of β-lactam (4-membered cyclic amide) rings is 1. The van der Waals surface area contributed by atoms with Gasteiger partial charge in [-0.3, -0.25) is 4.79 Å². The van der Waals surface area contributed by atoms with Crippen molar-refractivity contribution in [2.24, 2.45) is 5.73 Å². The van der Waals surface area contributed by atoms with Gasteiger partial charge >= 0.3 is 0 Å². The van der Waals surface area contributed by atoms with E-state index < -0.39 is 6.04 Å². The van der Waals surface area contributed by atoms with Crippen molar-refractivity contribution in [2.45, 2.75) is 12.1 Å². The van der Waals surface area contributed by atoms with Crippen LogP contribution in [0, 0.1) is 0 Å². The first kappa shape index (κ1) is 15.2. The minimum absolute atomic E-state index is 0.161. The minimum atomic E-state index is -0.610. The van der Waals surface area contributed by atoms with Crippen molar-refractivity contribution in [2.75, 3.05) is 12.0 Å². The Morgan fingerprint density at radius 3 is 2.50 bits per heavy atom. The highest BCUT2D eigenvalue weighted by Crippen LogP contribution is 2.42. The maximum absolute atomic E-state index is 12.2. The van der Waals surface area contributed by atoms with Crippen LogP contribution in [0.1, 0.15) is 11.6 Å². The van der Waals surface area contributed by atoms with E-state index >= 15 is 0 Å². The number of hydrogen-bond acceptors (Lipinski definition) is 3. The number of carbonyl (C=O) groups is 1. The van der Waals surface area contributed by atoms with Gasteiger partial charge in [0.05, 0.1) is 18.2 Å². The molecule has 2 N–H and O–H groups in total. The Balaban J connectivity index is 2.00. The van der Waals surface area contributed by atoms with E-state index in [0.29, 0.717) is 21.5 Å². The number of carbonyl (C=O) groups excluding carboxylic acids is 1. The highest BCUT2D eigenvalue weighted by atomic mass is 35.5. The number of rotatable bonds is 3. The van der Waals surface area contributed by atoms with E-state index in [1.54, 1.807) is 29.2 Å². The van der Waals surface area contributed by atoms with Gasteiger partial charge in [-0.05, 0) is 29.8 Å². The van der Waals surface area contributed by atoms with Crippen molar-refractivity contribution < 1.29 is 9.53 Å². The van der Waals surface area contributed by atoms with E-state index in [-0.39, 0.29) is 11.9 Å². The molecule has 4 nitrogen and oxygen atoms in total.